The molecule has 1 N–H and O–H groups in total. The zero-order valence-electron chi connectivity index (χ0n) is 12.2. The highest BCUT2D eigenvalue weighted by Gasteiger charge is 2.52. The molecule has 0 saturated heterocycles. The van der Waals surface area contributed by atoms with Crippen LogP contribution in [0.2, 0.25) is 5.02 Å². The fourth-order valence-corrected chi connectivity index (χ4v) is 3.11. The molecule has 1 aromatic heterocycles. The van der Waals surface area contributed by atoms with Gasteiger partial charge in [0.05, 0.1) is 16.1 Å². The average Bonchev–Trinajstić information content (AvgIpc) is 3.42. The summed E-state index contributed by atoms with van der Waals surface area (Å²) in [7, 11) is 0. The van der Waals surface area contributed by atoms with E-state index in [1.165, 1.54) is 0 Å². The third-order valence-corrected chi connectivity index (χ3v) is 4.83. The summed E-state index contributed by atoms with van der Waals surface area (Å²) in [6, 6.07) is 12.2. The van der Waals surface area contributed by atoms with Crippen molar-refractivity contribution in [2.45, 2.75) is 37.1 Å². The van der Waals surface area contributed by atoms with Crippen molar-refractivity contribution < 1.29 is 4.79 Å². The van der Waals surface area contributed by atoms with E-state index in [1.54, 1.807) is 0 Å². The number of carbonyl (C=O) groups is 1. The Morgan fingerprint density at radius 2 is 1.95 bits per heavy atom. The van der Waals surface area contributed by atoms with Gasteiger partial charge < -0.3 is 5.32 Å². The van der Waals surface area contributed by atoms with Crippen molar-refractivity contribution in [1.29, 1.82) is 0 Å². The van der Waals surface area contributed by atoms with E-state index in [0.717, 1.165) is 42.5 Å². The van der Waals surface area contributed by atoms with Gasteiger partial charge >= 0.3 is 0 Å². The Morgan fingerprint density at radius 1 is 1.23 bits per heavy atom. The quantitative estimate of drug-likeness (QED) is 0.935. The van der Waals surface area contributed by atoms with Gasteiger partial charge in [0.15, 0.2) is 0 Å². The molecule has 2 fully saturated rings. The molecule has 1 aromatic carbocycles. The second kappa shape index (κ2) is 5.10. The minimum absolute atomic E-state index is 0.139. The number of aromatic nitrogens is 1. The zero-order valence-corrected chi connectivity index (χ0v) is 12.9. The van der Waals surface area contributed by atoms with Crippen LogP contribution in [0.25, 0.3) is 11.3 Å². The largest absolute Gasteiger partial charge is 0.353 e. The molecule has 2 aliphatic carbocycles. The fourth-order valence-electron chi connectivity index (χ4n) is 2.83. The van der Waals surface area contributed by atoms with Gasteiger partial charge in [-0.25, -0.2) is 0 Å². The molecule has 0 aliphatic heterocycles. The molecule has 2 aliphatic rings. The van der Waals surface area contributed by atoms with Crippen LogP contribution >= 0.6 is 11.6 Å². The highest BCUT2D eigenvalue weighted by atomic mass is 35.5. The molecule has 1 amide bonds. The van der Waals surface area contributed by atoms with Crippen LogP contribution in [0.5, 0.6) is 0 Å². The lowest BCUT2D eigenvalue weighted by molar-refractivity contribution is -0.123. The summed E-state index contributed by atoms with van der Waals surface area (Å²) in [6.45, 7) is 0. The van der Waals surface area contributed by atoms with Crippen molar-refractivity contribution in [3.63, 3.8) is 0 Å². The summed E-state index contributed by atoms with van der Waals surface area (Å²) in [4.78, 5) is 17.0. The number of amides is 1. The van der Waals surface area contributed by atoms with Crippen molar-refractivity contribution in [2.75, 3.05) is 0 Å². The van der Waals surface area contributed by atoms with Gasteiger partial charge in [-0.2, -0.15) is 0 Å². The third-order valence-electron chi connectivity index (χ3n) is 4.54. The van der Waals surface area contributed by atoms with Crippen LogP contribution in [-0.2, 0) is 10.2 Å². The van der Waals surface area contributed by atoms with Gasteiger partial charge in [-0.05, 0) is 37.3 Å². The summed E-state index contributed by atoms with van der Waals surface area (Å²) in [5.74, 6) is 0.139. The Bertz CT molecular complexity index is 721. The first-order chi connectivity index (χ1) is 10.7. The summed E-state index contributed by atoms with van der Waals surface area (Å²) in [5, 5.41) is 3.72. The minimum atomic E-state index is -0.394. The average molecular weight is 313 g/mol. The highest BCUT2D eigenvalue weighted by molar-refractivity contribution is 6.33. The molecule has 2 aromatic rings. The standard InChI is InChI=1S/C18H17ClN2O/c19-15-10-13(11-20-16(15)12-4-2-1-3-5-12)18(8-9-18)17(22)21-14-6-7-14/h1-5,10-11,14H,6-9H2,(H,21,22). The molecule has 2 saturated carbocycles. The number of carbonyl (C=O) groups excluding carboxylic acids is 1. The lowest BCUT2D eigenvalue weighted by atomic mass is 9.96. The summed E-state index contributed by atoms with van der Waals surface area (Å²) in [5.41, 5.74) is 2.31. The molecule has 0 spiro atoms. The molecule has 22 heavy (non-hydrogen) atoms. The van der Waals surface area contributed by atoms with E-state index in [-0.39, 0.29) is 5.91 Å². The second-order valence-electron chi connectivity index (χ2n) is 6.25. The molecule has 112 valence electrons. The molecule has 0 radical (unpaired) electrons. The van der Waals surface area contributed by atoms with Gasteiger partial charge in [0.1, 0.15) is 0 Å². The van der Waals surface area contributed by atoms with Crippen molar-refractivity contribution in [1.82, 2.24) is 10.3 Å². The Kier molecular flexibility index (Phi) is 3.19. The van der Waals surface area contributed by atoms with Crippen LogP contribution in [0.15, 0.2) is 42.6 Å². The summed E-state index contributed by atoms with van der Waals surface area (Å²) in [6.07, 6.45) is 5.79. The first kappa shape index (κ1) is 13.8. The van der Waals surface area contributed by atoms with E-state index >= 15 is 0 Å². The smallest absolute Gasteiger partial charge is 0.230 e. The van der Waals surface area contributed by atoms with Crippen LogP contribution in [-0.4, -0.2) is 16.9 Å². The van der Waals surface area contributed by atoms with Crippen LogP contribution < -0.4 is 5.32 Å². The van der Waals surface area contributed by atoms with Gasteiger partial charge in [-0.3, -0.25) is 9.78 Å². The minimum Gasteiger partial charge on any atom is -0.353 e. The molecular weight excluding hydrogens is 296 g/mol. The number of pyridine rings is 1. The van der Waals surface area contributed by atoms with Gasteiger partial charge in [0.2, 0.25) is 5.91 Å². The number of hydrogen-bond donors (Lipinski definition) is 1. The first-order valence-corrected chi connectivity index (χ1v) is 8.09. The lowest BCUT2D eigenvalue weighted by Crippen LogP contribution is -2.36. The maximum atomic E-state index is 12.5. The Morgan fingerprint density at radius 3 is 2.55 bits per heavy atom. The van der Waals surface area contributed by atoms with Crippen LogP contribution in [0, 0.1) is 0 Å². The summed E-state index contributed by atoms with van der Waals surface area (Å²) < 4.78 is 0. The lowest BCUT2D eigenvalue weighted by Gasteiger charge is -2.16. The molecule has 1 heterocycles. The SMILES string of the molecule is O=C(NC1CC1)C1(c2cnc(-c3ccccc3)c(Cl)c2)CC1. The number of rotatable bonds is 4. The van der Waals surface area contributed by atoms with Crippen LogP contribution in [0.4, 0.5) is 0 Å². The molecule has 3 nitrogen and oxygen atoms in total. The number of hydrogen-bond acceptors (Lipinski definition) is 2. The van der Waals surface area contributed by atoms with E-state index in [0.29, 0.717) is 11.1 Å². The predicted octanol–water partition coefficient (Wildman–Crippen LogP) is 3.71. The molecular formula is C18H17ClN2O. The van der Waals surface area contributed by atoms with Crippen LogP contribution in [0.3, 0.4) is 0 Å². The third kappa shape index (κ3) is 2.40. The Balaban J connectivity index is 1.63. The topological polar surface area (TPSA) is 42.0 Å². The van der Waals surface area contributed by atoms with Crippen molar-refractivity contribution in [2.24, 2.45) is 0 Å². The van der Waals surface area contributed by atoms with Gasteiger partial charge in [-0.1, -0.05) is 41.9 Å². The van der Waals surface area contributed by atoms with Crippen molar-refractivity contribution >= 4 is 17.5 Å². The van der Waals surface area contributed by atoms with Gasteiger partial charge in [0.25, 0.3) is 0 Å². The maximum absolute atomic E-state index is 12.5. The first-order valence-electron chi connectivity index (χ1n) is 7.71. The van der Waals surface area contributed by atoms with Crippen molar-refractivity contribution in [3.05, 3.63) is 53.2 Å². The van der Waals surface area contributed by atoms with E-state index in [9.17, 15) is 4.79 Å². The number of benzene rings is 1. The van der Waals surface area contributed by atoms with E-state index in [4.69, 9.17) is 11.6 Å². The van der Waals surface area contributed by atoms with Gasteiger partial charge in [0, 0.05) is 17.8 Å². The molecule has 4 heteroatoms. The number of nitrogens with zero attached hydrogens (tertiary/aromatic N) is 1. The Hall–Kier alpha value is -1.87. The van der Waals surface area contributed by atoms with E-state index in [1.807, 2.05) is 42.6 Å². The molecule has 0 unspecified atom stereocenters. The summed E-state index contributed by atoms with van der Waals surface area (Å²) >= 11 is 6.43. The zero-order chi connectivity index (χ0) is 15.2. The highest BCUT2D eigenvalue weighted by Crippen LogP contribution is 2.49. The predicted molar refractivity (Wildman–Crippen MR) is 86.8 cm³/mol. The molecule has 0 bridgehead atoms. The van der Waals surface area contributed by atoms with Crippen molar-refractivity contribution in [3.8, 4) is 11.3 Å². The second-order valence-corrected chi connectivity index (χ2v) is 6.66. The maximum Gasteiger partial charge on any atom is 0.230 e. The monoisotopic (exact) mass is 312 g/mol. The number of nitrogens with one attached hydrogen (secondary N) is 1. The molecule has 4 rings (SSSR count). The van der Waals surface area contributed by atoms with Gasteiger partial charge in [-0.15, -0.1) is 0 Å². The van der Waals surface area contributed by atoms with Crippen LogP contribution in [0.1, 0.15) is 31.2 Å². The molecule has 0 atom stereocenters. The number of halogens is 1. The normalized spacial score (nSPS) is 18.8. The van der Waals surface area contributed by atoms with E-state index < -0.39 is 5.41 Å². The fraction of sp³-hybridized carbons (Fsp3) is 0.333. The Labute approximate surface area is 134 Å². The van der Waals surface area contributed by atoms with E-state index in [2.05, 4.69) is 10.3 Å².